The summed E-state index contributed by atoms with van der Waals surface area (Å²) in [6, 6.07) is 0.386. The first-order chi connectivity index (χ1) is 7.11. The zero-order chi connectivity index (χ0) is 11.7. The summed E-state index contributed by atoms with van der Waals surface area (Å²) in [4.78, 5) is 0. The minimum Gasteiger partial charge on any atom is -0.389 e. The van der Waals surface area contributed by atoms with E-state index in [1.165, 1.54) is 0 Å². The van der Waals surface area contributed by atoms with Gasteiger partial charge in [0.1, 0.15) is 0 Å². The van der Waals surface area contributed by atoms with Crippen molar-refractivity contribution in [3.63, 3.8) is 0 Å². The van der Waals surface area contributed by atoms with Gasteiger partial charge in [0, 0.05) is 33.4 Å². The van der Waals surface area contributed by atoms with E-state index in [2.05, 4.69) is 19.2 Å². The van der Waals surface area contributed by atoms with Gasteiger partial charge in [-0.05, 0) is 12.3 Å². The molecular weight excluding hydrogens is 194 g/mol. The third-order valence-electron chi connectivity index (χ3n) is 2.41. The number of hydrogen-bond donors (Lipinski definition) is 2. The Labute approximate surface area is 93.0 Å². The van der Waals surface area contributed by atoms with Gasteiger partial charge in [0.2, 0.25) is 0 Å². The Morgan fingerprint density at radius 2 is 1.87 bits per heavy atom. The highest BCUT2D eigenvalue weighted by atomic mass is 16.5. The fourth-order valence-electron chi connectivity index (χ4n) is 1.45. The molecule has 0 aromatic rings. The lowest BCUT2D eigenvalue weighted by molar-refractivity contribution is 0.0601. The Hall–Kier alpha value is -0.160. The molecule has 0 saturated heterocycles. The Kier molecular flexibility index (Phi) is 9.00. The van der Waals surface area contributed by atoms with E-state index in [1.54, 1.807) is 14.2 Å². The number of ether oxygens (including phenoxy) is 2. The molecule has 0 aliphatic heterocycles. The summed E-state index contributed by atoms with van der Waals surface area (Å²) in [5, 5.41) is 12.8. The molecule has 15 heavy (non-hydrogen) atoms. The van der Waals surface area contributed by atoms with Crippen molar-refractivity contribution in [1.29, 1.82) is 0 Å². The zero-order valence-corrected chi connectivity index (χ0v) is 10.3. The molecule has 2 N–H and O–H groups in total. The Balaban J connectivity index is 3.74. The second-order valence-corrected chi connectivity index (χ2v) is 4.15. The first-order valence-electron chi connectivity index (χ1n) is 5.51. The molecule has 4 heteroatoms. The molecule has 0 fully saturated rings. The quantitative estimate of drug-likeness (QED) is 0.597. The number of nitrogens with one attached hydrogen (secondary N) is 1. The van der Waals surface area contributed by atoms with Gasteiger partial charge < -0.3 is 19.9 Å². The molecule has 2 unspecified atom stereocenters. The molecular formula is C11H25NO3. The van der Waals surface area contributed by atoms with Crippen molar-refractivity contribution in [2.24, 2.45) is 5.92 Å². The minimum absolute atomic E-state index is 0.377. The number of methoxy groups -OCH3 is 2. The van der Waals surface area contributed by atoms with Crippen LogP contribution in [-0.2, 0) is 9.47 Å². The summed E-state index contributed by atoms with van der Waals surface area (Å²) in [6.45, 7) is 6.02. The fraction of sp³-hybridized carbons (Fsp3) is 1.00. The Bertz CT molecular complexity index is 142. The van der Waals surface area contributed by atoms with E-state index in [0.29, 0.717) is 25.1 Å². The van der Waals surface area contributed by atoms with Crippen LogP contribution in [-0.4, -0.2) is 51.2 Å². The van der Waals surface area contributed by atoms with Gasteiger partial charge in [0.25, 0.3) is 0 Å². The predicted octanol–water partition coefficient (Wildman–Crippen LogP) is 0.644. The molecule has 0 aliphatic carbocycles. The normalized spacial score (nSPS) is 15.6. The van der Waals surface area contributed by atoms with Crippen molar-refractivity contribution in [2.75, 3.05) is 34.0 Å². The summed E-state index contributed by atoms with van der Waals surface area (Å²) in [6.07, 6.45) is 0.534. The molecule has 2 atom stereocenters. The largest absolute Gasteiger partial charge is 0.389 e. The highest BCUT2D eigenvalue weighted by Crippen LogP contribution is 2.06. The third kappa shape index (κ3) is 7.73. The van der Waals surface area contributed by atoms with Crippen LogP contribution < -0.4 is 5.32 Å². The van der Waals surface area contributed by atoms with Gasteiger partial charge in [0.05, 0.1) is 12.7 Å². The fourth-order valence-corrected chi connectivity index (χ4v) is 1.45. The van der Waals surface area contributed by atoms with Gasteiger partial charge in [-0.1, -0.05) is 13.8 Å². The summed E-state index contributed by atoms with van der Waals surface area (Å²) in [5.74, 6) is 0.537. The Morgan fingerprint density at radius 1 is 1.20 bits per heavy atom. The number of rotatable bonds is 9. The second kappa shape index (κ2) is 9.09. The third-order valence-corrected chi connectivity index (χ3v) is 2.41. The molecule has 0 amide bonds. The average molecular weight is 219 g/mol. The molecule has 0 aliphatic rings. The highest BCUT2D eigenvalue weighted by molar-refractivity contribution is 4.72. The van der Waals surface area contributed by atoms with Crippen LogP contribution in [0.1, 0.15) is 20.3 Å². The number of hydrogen-bond acceptors (Lipinski definition) is 4. The molecule has 92 valence electrons. The van der Waals surface area contributed by atoms with Crippen molar-refractivity contribution in [3.05, 3.63) is 0 Å². The van der Waals surface area contributed by atoms with Crippen LogP contribution in [0, 0.1) is 5.92 Å². The van der Waals surface area contributed by atoms with Crippen LogP contribution in [0.15, 0.2) is 0 Å². The van der Waals surface area contributed by atoms with Crippen LogP contribution in [0.5, 0.6) is 0 Å². The first kappa shape index (κ1) is 14.8. The van der Waals surface area contributed by atoms with E-state index in [4.69, 9.17) is 9.47 Å². The molecule has 0 spiro atoms. The van der Waals surface area contributed by atoms with E-state index in [9.17, 15) is 5.11 Å². The SMILES string of the molecule is COCCC(NCC(O)COC)C(C)C. The lowest BCUT2D eigenvalue weighted by Gasteiger charge is -2.23. The maximum absolute atomic E-state index is 9.49. The molecule has 0 aromatic carbocycles. The second-order valence-electron chi connectivity index (χ2n) is 4.15. The van der Waals surface area contributed by atoms with E-state index < -0.39 is 6.10 Å². The molecule has 0 radical (unpaired) electrons. The lowest BCUT2D eigenvalue weighted by atomic mass is 10.0. The van der Waals surface area contributed by atoms with Crippen LogP contribution in [0.25, 0.3) is 0 Å². The summed E-state index contributed by atoms with van der Waals surface area (Å²) < 4.78 is 9.91. The van der Waals surface area contributed by atoms with Crippen LogP contribution in [0.4, 0.5) is 0 Å². The molecule has 0 rings (SSSR count). The van der Waals surface area contributed by atoms with E-state index in [0.717, 1.165) is 13.0 Å². The molecule has 0 bridgehead atoms. The van der Waals surface area contributed by atoms with Crippen LogP contribution in [0.3, 0.4) is 0 Å². The van der Waals surface area contributed by atoms with E-state index in [-0.39, 0.29) is 0 Å². The van der Waals surface area contributed by atoms with Crippen molar-refractivity contribution in [1.82, 2.24) is 5.32 Å². The predicted molar refractivity (Wildman–Crippen MR) is 61.0 cm³/mol. The molecule has 0 heterocycles. The maximum Gasteiger partial charge on any atom is 0.0897 e. The van der Waals surface area contributed by atoms with Gasteiger partial charge in [-0.15, -0.1) is 0 Å². The monoisotopic (exact) mass is 219 g/mol. The minimum atomic E-state index is -0.432. The lowest BCUT2D eigenvalue weighted by Crippen LogP contribution is -2.40. The Morgan fingerprint density at radius 3 is 2.33 bits per heavy atom. The smallest absolute Gasteiger partial charge is 0.0897 e. The van der Waals surface area contributed by atoms with Gasteiger partial charge in [0.15, 0.2) is 0 Å². The molecule has 4 nitrogen and oxygen atoms in total. The van der Waals surface area contributed by atoms with Gasteiger partial charge >= 0.3 is 0 Å². The summed E-state index contributed by atoms with van der Waals surface area (Å²) in [7, 11) is 3.30. The van der Waals surface area contributed by atoms with Gasteiger partial charge in [-0.3, -0.25) is 0 Å². The summed E-state index contributed by atoms with van der Waals surface area (Å²) in [5.41, 5.74) is 0. The van der Waals surface area contributed by atoms with Crippen LogP contribution >= 0.6 is 0 Å². The van der Waals surface area contributed by atoms with E-state index in [1.807, 2.05) is 0 Å². The van der Waals surface area contributed by atoms with E-state index >= 15 is 0 Å². The summed E-state index contributed by atoms with van der Waals surface area (Å²) >= 11 is 0. The van der Waals surface area contributed by atoms with Gasteiger partial charge in [-0.2, -0.15) is 0 Å². The first-order valence-corrected chi connectivity index (χ1v) is 5.51. The standard InChI is InChI=1S/C11H25NO3/c1-9(2)11(5-6-14-3)12-7-10(13)8-15-4/h9-13H,5-8H2,1-4H3. The molecule has 0 saturated carbocycles. The van der Waals surface area contributed by atoms with Gasteiger partial charge in [-0.25, -0.2) is 0 Å². The number of aliphatic hydroxyl groups is 1. The van der Waals surface area contributed by atoms with Crippen molar-refractivity contribution in [3.8, 4) is 0 Å². The number of aliphatic hydroxyl groups excluding tert-OH is 1. The highest BCUT2D eigenvalue weighted by Gasteiger charge is 2.14. The molecule has 0 aromatic heterocycles. The van der Waals surface area contributed by atoms with Crippen molar-refractivity contribution in [2.45, 2.75) is 32.4 Å². The average Bonchev–Trinajstić information content (AvgIpc) is 2.17. The zero-order valence-electron chi connectivity index (χ0n) is 10.3. The van der Waals surface area contributed by atoms with Crippen molar-refractivity contribution < 1.29 is 14.6 Å². The van der Waals surface area contributed by atoms with Crippen molar-refractivity contribution >= 4 is 0 Å². The van der Waals surface area contributed by atoms with Crippen LogP contribution in [0.2, 0.25) is 0 Å². The maximum atomic E-state index is 9.49. The topological polar surface area (TPSA) is 50.7 Å².